The van der Waals surface area contributed by atoms with Gasteiger partial charge in [0.25, 0.3) is 0 Å². The fourth-order valence-corrected chi connectivity index (χ4v) is 6.31. The Bertz CT molecular complexity index is 1340. The number of nitrogens with zero attached hydrogens (tertiary/aromatic N) is 2. The van der Waals surface area contributed by atoms with E-state index in [-0.39, 0.29) is 0 Å². The molecule has 0 amide bonds. The van der Waals surface area contributed by atoms with Crippen LogP contribution < -0.4 is 9.47 Å². The lowest BCUT2D eigenvalue weighted by molar-refractivity contribution is 0.238. The highest BCUT2D eigenvalue weighted by molar-refractivity contribution is 8.07. The molecule has 0 radical (unpaired) electrons. The zero-order chi connectivity index (χ0) is 26.9. The number of thioether (sulfide) groups is 1. The molecule has 1 aliphatic rings. The molecule has 1 fully saturated rings. The van der Waals surface area contributed by atoms with Gasteiger partial charge in [0.1, 0.15) is 24.7 Å². The molecule has 202 valence electrons. The molecule has 4 aromatic rings. The number of aryl methyl sites for hydroxylation is 1. The number of thiazole rings is 1. The summed E-state index contributed by atoms with van der Waals surface area (Å²) >= 11 is 3.45. The van der Waals surface area contributed by atoms with Crippen LogP contribution >= 0.6 is 23.1 Å². The molecule has 0 saturated carbocycles. The van der Waals surface area contributed by atoms with Crippen LogP contribution in [0.1, 0.15) is 40.2 Å². The van der Waals surface area contributed by atoms with Crippen molar-refractivity contribution in [3.63, 3.8) is 0 Å². The van der Waals surface area contributed by atoms with Crippen molar-refractivity contribution in [2.45, 2.75) is 32.8 Å². The van der Waals surface area contributed by atoms with E-state index in [1.54, 1.807) is 23.1 Å². The summed E-state index contributed by atoms with van der Waals surface area (Å²) in [5, 5.41) is 3.12. The van der Waals surface area contributed by atoms with Crippen LogP contribution in [0.2, 0.25) is 0 Å². The smallest absolute Gasteiger partial charge is 0.131 e. The molecular formula is C33H36N2O2S2. The Morgan fingerprint density at radius 3 is 2.23 bits per heavy atom. The van der Waals surface area contributed by atoms with E-state index in [0.717, 1.165) is 41.8 Å². The standard InChI is InChI=1S/C33H36N2O2S2/c1-25-34-29(24-39-25)23-37-31-14-10-26(11-15-31)22-32(27-8-4-3-5-9-27)33(38-2)28-12-16-30(17-13-28)36-21-20-35-18-6-7-19-35/h3-5,8-17,24H,6-7,18-23H2,1-2H3/b33-32-. The lowest BCUT2D eigenvalue weighted by atomic mass is 9.95. The van der Waals surface area contributed by atoms with E-state index in [0.29, 0.717) is 6.61 Å². The zero-order valence-electron chi connectivity index (χ0n) is 22.8. The minimum absolute atomic E-state index is 0.493. The third-order valence-corrected chi connectivity index (χ3v) is 8.66. The molecule has 6 heteroatoms. The summed E-state index contributed by atoms with van der Waals surface area (Å²) in [6.07, 6.45) is 5.62. The van der Waals surface area contributed by atoms with Gasteiger partial charge in [0.15, 0.2) is 0 Å². The monoisotopic (exact) mass is 556 g/mol. The Kier molecular flexibility index (Phi) is 9.76. The molecule has 1 aromatic heterocycles. The average Bonchev–Trinajstić information content (AvgIpc) is 3.65. The van der Waals surface area contributed by atoms with Crippen molar-refractivity contribution in [2.75, 3.05) is 32.5 Å². The van der Waals surface area contributed by atoms with Gasteiger partial charge >= 0.3 is 0 Å². The average molecular weight is 557 g/mol. The topological polar surface area (TPSA) is 34.6 Å². The van der Waals surface area contributed by atoms with Crippen molar-refractivity contribution in [3.05, 3.63) is 112 Å². The van der Waals surface area contributed by atoms with E-state index in [1.165, 1.54) is 53.1 Å². The molecule has 0 unspecified atom stereocenters. The van der Waals surface area contributed by atoms with Gasteiger partial charge in [-0.25, -0.2) is 4.98 Å². The maximum absolute atomic E-state index is 6.06. The Morgan fingerprint density at radius 1 is 0.872 bits per heavy atom. The van der Waals surface area contributed by atoms with Crippen LogP contribution in [0.25, 0.3) is 10.5 Å². The third kappa shape index (κ3) is 7.75. The molecule has 0 atom stereocenters. The first-order chi connectivity index (χ1) is 19.2. The minimum Gasteiger partial charge on any atom is -0.492 e. The van der Waals surface area contributed by atoms with Crippen LogP contribution in [0, 0.1) is 6.92 Å². The molecule has 0 bridgehead atoms. The van der Waals surface area contributed by atoms with Gasteiger partial charge in [0.2, 0.25) is 0 Å². The fourth-order valence-electron chi connectivity index (χ4n) is 4.91. The molecule has 1 saturated heterocycles. The van der Waals surface area contributed by atoms with E-state index < -0.39 is 0 Å². The lowest BCUT2D eigenvalue weighted by Gasteiger charge is -2.17. The van der Waals surface area contributed by atoms with Gasteiger partial charge in [-0.3, -0.25) is 4.90 Å². The first-order valence-corrected chi connectivity index (χ1v) is 15.7. The Morgan fingerprint density at radius 2 is 1.56 bits per heavy atom. The van der Waals surface area contributed by atoms with E-state index in [4.69, 9.17) is 9.47 Å². The predicted octanol–water partition coefficient (Wildman–Crippen LogP) is 7.98. The third-order valence-electron chi connectivity index (χ3n) is 6.95. The van der Waals surface area contributed by atoms with Gasteiger partial charge in [0, 0.05) is 16.8 Å². The maximum Gasteiger partial charge on any atom is 0.131 e. The predicted molar refractivity (Wildman–Crippen MR) is 166 cm³/mol. The first kappa shape index (κ1) is 27.5. The molecular weight excluding hydrogens is 521 g/mol. The number of hydrogen-bond donors (Lipinski definition) is 0. The molecule has 0 N–H and O–H groups in total. The Labute approximate surface area is 240 Å². The number of hydrogen-bond acceptors (Lipinski definition) is 6. The highest BCUT2D eigenvalue weighted by atomic mass is 32.2. The summed E-state index contributed by atoms with van der Waals surface area (Å²) < 4.78 is 12.0. The van der Waals surface area contributed by atoms with Gasteiger partial charge in [-0.1, -0.05) is 54.6 Å². The highest BCUT2D eigenvalue weighted by Crippen LogP contribution is 2.37. The van der Waals surface area contributed by atoms with Crippen molar-refractivity contribution in [1.29, 1.82) is 0 Å². The maximum atomic E-state index is 6.06. The van der Waals surface area contributed by atoms with Crippen LogP contribution in [0.5, 0.6) is 11.5 Å². The number of rotatable bonds is 12. The summed E-state index contributed by atoms with van der Waals surface area (Å²) in [7, 11) is 0. The quantitative estimate of drug-likeness (QED) is 0.165. The molecule has 3 aromatic carbocycles. The van der Waals surface area contributed by atoms with Crippen LogP contribution in [0.4, 0.5) is 0 Å². The van der Waals surface area contributed by atoms with Gasteiger partial charge in [0.05, 0.1) is 10.7 Å². The van der Waals surface area contributed by atoms with Crippen molar-refractivity contribution in [3.8, 4) is 11.5 Å². The molecule has 39 heavy (non-hydrogen) atoms. The Hall–Kier alpha value is -3.06. The summed E-state index contributed by atoms with van der Waals surface area (Å²) in [5.74, 6) is 1.79. The van der Waals surface area contributed by atoms with Crippen molar-refractivity contribution in [2.24, 2.45) is 0 Å². The first-order valence-electron chi connectivity index (χ1n) is 13.6. The summed E-state index contributed by atoms with van der Waals surface area (Å²) in [6.45, 7) is 6.66. The van der Waals surface area contributed by atoms with Crippen molar-refractivity contribution < 1.29 is 9.47 Å². The van der Waals surface area contributed by atoms with E-state index in [2.05, 4.69) is 100 Å². The number of ether oxygens (including phenoxy) is 2. The van der Waals surface area contributed by atoms with Crippen molar-refractivity contribution >= 4 is 33.6 Å². The lowest BCUT2D eigenvalue weighted by Crippen LogP contribution is -2.25. The van der Waals surface area contributed by atoms with Gasteiger partial charge in [-0.15, -0.1) is 23.1 Å². The molecule has 5 rings (SSSR count). The summed E-state index contributed by atoms with van der Waals surface area (Å²) in [4.78, 5) is 8.25. The second kappa shape index (κ2) is 13.8. The molecule has 2 heterocycles. The second-order valence-corrected chi connectivity index (χ2v) is 11.6. The normalized spacial score (nSPS) is 14.3. The summed E-state index contributed by atoms with van der Waals surface area (Å²) in [6, 6.07) is 27.8. The molecule has 4 nitrogen and oxygen atoms in total. The van der Waals surface area contributed by atoms with Crippen molar-refractivity contribution in [1.82, 2.24) is 9.88 Å². The summed E-state index contributed by atoms with van der Waals surface area (Å²) in [5.41, 5.74) is 6.00. The Balaban J connectivity index is 1.31. The largest absolute Gasteiger partial charge is 0.492 e. The fraction of sp³-hybridized carbons (Fsp3) is 0.303. The minimum atomic E-state index is 0.493. The highest BCUT2D eigenvalue weighted by Gasteiger charge is 2.14. The second-order valence-electron chi connectivity index (χ2n) is 9.77. The zero-order valence-corrected chi connectivity index (χ0v) is 24.4. The van der Waals surface area contributed by atoms with Crippen LogP contribution in [-0.4, -0.2) is 42.4 Å². The van der Waals surface area contributed by atoms with Gasteiger partial charge < -0.3 is 9.47 Å². The number of aromatic nitrogens is 1. The number of benzene rings is 3. The van der Waals surface area contributed by atoms with Crippen LogP contribution in [0.3, 0.4) is 0 Å². The molecule has 1 aliphatic heterocycles. The van der Waals surface area contributed by atoms with E-state index in [1.807, 2.05) is 6.92 Å². The van der Waals surface area contributed by atoms with E-state index in [9.17, 15) is 0 Å². The van der Waals surface area contributed by atoms with E-state index >= 15 is 0 Å². The van der Waals surface area contributed by atoms with Crippen LogP contribution in [-0.2, 0) is 13.0 Å². The SMILES string of the molecule is CS/C(=C(/Cc1ccc(OCc2csc(C)n2)cc1)c1ccccc1)c1ccc(OCCN2CCCC2)cc1. The van der Waals surface area contributed by atoms with Gasteiger partial charge in [-0.2, -0.15) is 0 Å². The van der Waals surface area contributed by atoms with Crippen LogP contribution in [0.15, 0.2) is 84.2 Å². The molecule has 0 spiro atoms. The molecule has 0 aliphatic carbocycles. The van der Waals surface area contributed by atoms with Gasteiger partial charge in [-0.05, 0) is 92.1 Å². The number of likely N-dealkylation sites (tertiary alicyclic amines) is 1. The number of allylic oxidation sites excluding steroid dienone is 1.